The van der Waals surface area contributed by atoms with Gasteiger partial charge in [-0.05, 0) is 145 Å². The molecule has 0 radical (unpaired) electrons. The number of thioether (sulfide) groups is 1. The lowest BCUT2D eigenvalue weighted by atomic mass is 10.0. The van der Waals surface area contributed by atoms with Crippen molar-refractivity contribution in [1.82, 2.24) is 54.2 Å². The van der Waals surface area contributed by atoms with Crippen LogP contribution in [0.3, 0.4) is 0 Å². The molecular formula is C86H93F9N24O7S. The second-order valence-corrected chi connectivity index (χ2v) is 32.5. The molecule has 8 aromatic rings. The molecular weight excluding hydrogens is 1680 g/mol. The summed E-state index contributed by atoms with van der Waals surface area (Å²) >= 11 is 1.77. The molecule has 0 saturated carbocycles. The fourth-order valence-corrected chi connectivity index (χ4v) is 14.7. The van der Waals surface area contributed by atoms with Gasteiger partial charge in [0.05, 0.1) is 42.2 Å². The Morgan fingerprint density at radius 3 is 1.36 bits per heavy atom. The van der Waals surface area contributed by atoms with E-state index in [2.05, 4.69) is 46.9 Å². The van der Waals surface area contributed by atoms with E-state index in [4.69, 9.17) is 53.9 Å². The number of aliphatic imine (C=N–C) groups is 6. The number of aromatic nitrogens is 4. The first-order valence-electron chi connectivity index (χ1n) is 40.4. The standard InChI is InChI=1S/C86H93F9N24O7S/c1-51-11-12-52(78(120)103-60-34-57(84(87,88)89)37-63(40-60)124-26-19-112(2)3)31-66(51)106-76-73-70(44-97-82(110-73)116-17-10-18-116)118(49-101-76)47-56-16-14-54(80(122)105-62-36-59(86(93,94)95)39-65(42-62)126-28-21-114(6)7)33-68(56)108-77-74-71(45-98-83(111-74)117-23-29-127-30-24-117)119(50-102-77)46-55-15-13-53(79(121)104-61-35-58(85(90,91)92)38-64(41-61)125-27-20-113(4)5)32-67(55)107-75-72-69(99-48-100-75)43-96-81(109-72)115(8)22-25-123-9/h11-16,31-45,48-50,70-71,106,108H,10,17-30,46-47H2,1-9H3,(H,103,120)(H,104,121)(H,105,122)(H,99,100,107). The van der Waals surface area contributed by atoms with Crippen molar-refractivity contribution in [2.45, 2.75) is 57.0 Å². The number of amides is 3. The third-order valence-corrected chi connectivity index (χ3v) is 21.9. The van der Waals surface area contributed by atoms with Crippen molar-refractivity contribution in [3.8, 4) is 17.2 Å². The summed E-state index contributed by atoms with van der Waals surface area (Å²) in [5, 5.41) is 18.3. The smallest absolute Gasteiger partial charge is 0.416 e. The van der Waals surface area contributed by atoms with Crippen molar-refractivity contribution in [2.75, 3.05) is 184 Å². The normalized spacial score (nSPS) is 16.4. The first-order chi connectivity index (χ1) is 60.7. The monoisotopic (exact) mass is 1780 g/mol. The number of nitrogens with one attached hydrogen (secondary N) is 6. The molecule has 2 aromatic heterocycles. The summed E-state index contributed by atoms with van der Waals surface area (Å²) in [6.45, 7) is 6.44. The zero-order valence-electron chi connectivity index (χ0n) is 70.7. The molecule has 6 aromatic carbocycles. The summed E-state index contributed by atoms with van der Waals surface area (Å²) in [5.74, 6) is 0.615. The lowest BCUT2D eigenvalue weighted by Crippen LogP contribution is -2.46. The van der Waals surface area contributed by atoms with Gasteiger partial charge < -0.3 is 90.0 Å². The maximum absolute atomic E-state index is 14.9. The van der Waals surface area contributed by atoms with E-state index < -0.39 is 65.0 Å². The topological polar surface area (TPSA) is 312 Å². The first kappa shape index (κ1) is 90.3. The third kappa shape index (κ3) is 22.8. The number of alkyl halides is 9. The third-order valence-electron chi connectivity index (χ3n) is 20.9. The molecule has 2 saturated heterocycles. The van der Waals surface area contributed by atoms with Gasteiger partial charge in [-0.2, -0.15) is 51.3 Å². The number of carbonyl (C=O) groups excluding carboxylic acids is 3. The minimum absolute atomic E-state index is 0.00940. The molecule has 0 aliphatic carbocycles. The Balaban J connectivity index is 0.822. The molecule has 127 heavy (non-hydrogen) atoms. The lowest BCUT2D eigenvalue weighted by Gasteiger charge is -2.37. The van der Waals surface area contributed by atoms with E-state index >= 15 is 0 Å². The summed E-state index contributed by atoms with van der Waals surface area (Å²) in [6, 6.07) is 21.6. The van der Waals surface area contributed by atoms with Crippen molar-refractivity contribution in [2.24, 2.45) is 30.0 Å². The first-order valence-corrected chi connectivity index (χ1v) is 41.6. The molecule has 6 N–H and O–H groups in total. The van der Waals surface area contributed by atoms with Crippen LogP contribution in [0.5, 0.6) is 17.2 Å². The quantitative estimate of drug-likeness (QED) is 0.0213. The van der Waals surface area contributed by atoms with E-state index in [1.54, 1.807) is 139 Å². The molecule has 2 unspecified atom stereocenters. The molecule has 6 aliphatic heterocycles. The molecule has 31 nitrogen and oxygen atoms in total. The van der Waals surface area contributed by atoms with Gasteiger partial charge in [-0.3, -0.25) is 14.4 Å². The number of hydrogen-bond donors (Lipinski definition) is 6. The number of anilines is 8. The maximum atomic E-state index is 14.9. The van der Waals surface area contributed by atoms with E-state index in [0.29, 0.717) is 116 Å². The summed E-state index contributed by atoms with van der Waals surface area (Å²) in [4.78, 5) is 107. The number of nitrogens with zero attached hydrogens (tertiary/aromatic N) is 18. The predicted molar refractivity (Wildman–Crippen MR) is 472 cm³/mol. The van der Waals surface area contributed by atoms with Crippen LogP contribution in [0.25, 0.3) is 11.0 Å². The molecule has 2 atom stereocenters. The van der Waals surface area contributed by atoms with Crippen molar-refractivity contribution in [1.29, 1.82) is 0 Å². The summed E-state index contributed by atoms with van der Waals surface area (Å²) in [6.07, 6.45) is -4.11. The molecule has 14 rings (SSSR count). The number of ether oxygens (including phenoxy) is 4. The van der Waals surface area contributed by atoms with Crippen LogP contribution in [0.2, 0.25) is 0 Å². The Bertz CT molecular complexity index is 5690. The number of carbonyl (C=O) groups is 3. The molecule has 0 spiro atoms. The fraction of sp³-hybridized carbons (Fsp3) is 0.360. The predicted octanol–water partition coefficient (Wildman–Crippen LogP) is 12.8. The highest BCUT2D eigenvalue weighted by molar-refractivity contribution is 7.99. The summed E-state index contributed by atoms with van der Waals surface area (Å²) in [7, 11) is 14.1. The number of methoxy groups -OCH3 is 1. The van der Waals surface area contributed by atoms with E-state index in [1.165, 1.54) is 61.1 Å². The van der Waals surface area contributed by atoms with Gasteiger partial charge >= 0.3 is 18.5 Å². The number of hydrogen-bond acceptors (Lipinski definition) is 29. The van der Waals surface area contributed by atoms with Crippen molar-refractivity contribution in [3.63, 3.8) is 0 Å². The van der Waals surface area contributed by atoms with Gasteiger partial charge in [-0.15, -0.1) is 0 Å². The van der Waals surface area contributed by atoms with Crippen molar-refractivity contribution >= 4 is 123 Å². The second-order valence-electron chi connectivity index (χ2n) is 31.2. The van der Waals surface area contributed by atoms with Crippen molar-refractivity contribution in [3.05, 3.63) is 195 Å². The van der Waals surface area contributed by atoms with Gasteiger partial charge in [-0.25, -0.2) is 49.9 Å². The number of rotatable bonds is 32. The Morgan fingerprint density at radius 2 is 0.929 bits per heavy atom. The number of likely N-dealkylation sites (N-methyl/N-ethyl adjacent to an activating group) is 4. The Morgan fingerprint density at radius 1 is 0.496 bits per heavy atom. The van der Waals surface area contributed by atoms with Crippen LogP contribution >= 0.6 is 11.8 Å². The number of benzene rings is 6. The average molecular weight is 1780 g/mol. The average Bonchev–Trinajstić information content (AvgIpc) is 0.770. The van der Waals surface area contributed by atoms with Crippen LogP contribution < -0.4 is 51.0 Å². The van der Waals surface area contributed by atoms with Gasteiger partial charge in [0.15, 0.2) is 17.5 Å². The van der Waals surface area contributed by atoms with Gasteiger partial charge in [0.25, 0.3) is 17.7 Å². The number of fused-ring (bicyclic) bond motifs is 3. The fourth-order valence-electron chi connectivity index (χ4n) is 13.8. The van der Waals surface area contributed by atoms with E-state index in [1.807, 2.05) is 24.5 Å². The second kappa shape index (κ2) is 39.3. The van der Waals surface area contributed by atoms with Crippen LogP contribution in [0, 0.1) is 6.92 Å². The minimum atomic E-state index is -4.84. The maximum Gasteiger partial charge on any atom is 0.416 e. The van der Waals surface area contributed by atoms with Crippen LogP contribution in [0.4, 0.5) is 85.4 Å². The van der Waals surface area contributed by atoms with Gasteiger partial charge in [0.2, 0.25) is 17.9 Å². The van der Waals surface area contributed by atoms with Crippen LogP contribution in [-0.4, -0.2) is 268 Å². The van der Waals surface area contributed by atoms with Crippen LogP contribution in [0.1, 0.15) is 70.9 Å². The van der Waals surface area contributed by atoms with Gasteiger partial charge in [-0.1, -0.05) is 18.2 Å². The SMILES string of the molecule is COCCN(C)c1ncc2ncnc(Nc3cc(C(=O)Nc4cc(OCCN(C)C)cc(C(F)(F)F)c4)ccc3CN3C=NC(Nc4cc(C(=O)Nc5cc(OCCN(C)C)cc(C(F)(F)F)c5)ccc4CN4C=NC(Nc5cc(C(=O)Nc6cc(OCCN(C)C)cc(C(F)(F)F)c6)ccc5C)=C5N=C(N6CCC6)N=CC54)=C4N=C(N5CCSCC5)N=CC43)c2n1. The van der Waals surface area contributed by atoms with E-state index in [9.17, 15) is 53.9 Å². The molecule has 6 aliphatic rings. The zero-order chi connectivity index (χ0) is 90.0. The van der Waals surface area contributed by atoms with E-state index in [0.717, 1.165) is 54.3 Å². The zero-order valence-corrected chi connectivity index (χ0v) is 71.6. The van der Waals surface area contributed by atoms with Gasteiger partial charge in [0.1, 0.15) is 77.9 Å². The summed E-state index contributed by atoms with van der Waals surface area (Å²) in [5.41, 5.74) is 0.413. The Hall–Kier alpha value is -13.0. The number of likely N-dealkylation sites (tertiary alicyclic amines) is 1. The lowest BCUT2D eigenvalue weighted by molar-refractivity contribution is -0.138. The molecule has 3 amide bonds. The molecule has 41 heteroatoms. The van der Waals surface area contributed by atoms with Crippen molar-refractivity contribution < 1.29 is 72.8 Å². The Kier molecular flexibility index (Phi) is 27.9. The number of guanidine groups is 2. The highest BCUT2D eigenvalue weighted by atomic mass is 32.2. The molecule has 2 fully saturated rings. The number of halogens is 9. The number of aryl methyl sites for hydroxylation is 1. The van der Waals surface area contributed by atoms with Crippen LogP contribution in [0.15, 0.2) is 175 Å². The van der Waals surface area contributed by atoms with E-state index in [-0.39, 0.29) is 118 Å². The highest BCUT2D eigenvalue weighted by Crippen LogP contribution is 2.41. The molecule has 668 valence electrons. The van der Waals surface area contributed by atoms with Gasteiger partial charge in [0, 0.05) is 173 Å². The minimum Gasteiger partial charge on any atom is -0.492 e. The Labute approximate surface area is 729 Å². The van der Waals surface area contributed by atoms with Crippen LogP contribution in [-0.2, 0) is 36.4 Å². The molecule has 0 bridgehead atoms. The molecule has 8 heterocycles. The largest absolute Gasteiger partial charge is 0.492 e. The highest BCUT2D eigenvalue weighted by Gasteiger charge is 2.39. The summed E-state index contributed by atoms with van der Waals surface area (Å²) < 4.78 is 153.